The van der Waals surface area contributed by atoms with Crippen molar-refractivity contribution in [3.63, 3.8) is 0 Å². The quantitative estimate of drug-likeness (QED) is 0.232. The number of rotatable bonds is 8. The van der Waals surface area contributed by atoms with Crippen LogP contribution < -0.4 is 5.32 Å². The van der Waals surface area contributed by atoms with E-state index >= 15 is 0 Å². The lowest BCUT2D eigenvalue weighted by atomic mass is 10.0. The summed E-state index contributed by atoms with van der Waals surface area (Å²) in [5, 5.41) is 15.2. The van der Waals surface area contributed by atoms with Gasteiger partial charge in [-0.25, -0.2) is 0 Å². The first-order chi connectivity index (χ1) is 16.0. The van der Waals surface area contributed by atoms with Gasteiger partial charge in [-0.05, 0) is 49.0 Å². The van der Waals surface area contributed by atoms with Gasteiger partial charge in [0.15, 0.2) is 5.11 Å². The highest BCUT2D eigenvalue weighted by Gasteiger charge is 2.41. The van der Waals surface area contributed by atoms with Crippen LogP contribution in [0, 0.1) is 10.1 Å². The summed E-state index contributed by atoms with van der Waals surface area (Å²) < 4.78 is 6.69. The molecule has 0 unspecified atom stereocenters. The average molecular weight is 466 g/mol. The number of nitrogens with zero attached hydrogens (tertiary/aromatic N) is 4. The maximum atomic E-state index is 11.6. The number of nitro groups is 1. The van der Waals surface area contributed by atoms with Crippen LogP contribution in [-0.2, 0) is 9.53 Å². The number of carbonyl (C=O) groups excluding carboxylic acids is 1. The first-order valence-corrected chi connectivity index (χ1v) is 10.9. The van der Waals surface area contributed by atoms with E-state index in [1.807, 2.05) is 52.1 Å². The van der Waals surface area contributed by atoms with E-state index in [9.17, 15) is 14.9 Å². The summed E-state index contributed by atoms with van der Waals surface area (Å²) in [4.78, 5) is 29.1. The Labute approximate surface area is 196 Å². The lowest BCUT2D eigenvalue weighted by molar-refractivity contribution is -0.384. The van der Waals surface area contributed by atoms with Crippen molar-refractivity contribution in [1.29, 1.82) is 0 Å². The molecule has 0 spiro atoms. The fraction of sp³-hybridized carbons (Fsp3) is 0.261. The van der Waals surface area contributed by atoms with Crippen LogP contribution in [0.15, 0.2) is 67.0 Å². The molecule has 10 heteroatoms. The zero-order valence-corrected chi connectivity index (χ0v) is 18.8. The number of thiocarbonyl (C=S) groups is 1. The van der Waals surface area contributed by atoms with E-state index in [1.54, 1.807) is 18.3 Å². The molecular weight excluding hydrogens is 442 g/mol. The molecule has 1 fully saturated rings. The number of carbonyl (C=O) groups is 1. The topological polar surface area (TPSA) is 103 Å². The van der Waals surface area contributed by atoms with E-state index in [4.69, 9.17) is 17.0 Å². The van der Waals surface area contributed by atoms with Gasteiger partial charge >= 0.3 is 5.97 Å². The van der Waals surface area contributed by atoms with Crippen molar-refractivity contribution < 1.29 is 14.5 Å². The number of ether oxygens (including phenoxy) is 1. The Morgan fingerprint density at radius 3 is 2.82 bits per heavy atom. The van der Waals surface area contributed by atoms with Gasteiger partial charge in [-0.15, -0.1) is 0 Å². The molecule has 2 atom stereocenters. The number of aromatic nitrogens is 2. The lowest BCUT2D eigenvalue weighted by Crippen LogP contribution is -2.31. The average Bonchev–Trinajstić information content (AvgIpc) is 3.44. The minimum atomic E-state index is -0.408. The first kappa shape index (κ1) is 22.4. The Morgan fingerprint density at radius 2 is 2.09 bits per heavy atom. The molecule has 2 aromatic heterocycles. The molecule has 0 saturated carbocycles. The summed E-state index contributed by atoms with van der Waals surface area (Å²) in [6.07, 6.45) is 4.45. The zero-order chi connectivity index (χ0) is 23.4. The fourth-order valence-corrected chi connectivity index (χ4v) is 4.42. The van der Waals surface area contributed by atoms with Crippen LogP contribution in [-0.4, -0.2) is 44.1 Å². The lowest BCUT2D eigenvalue weighted by Gasteiger charge is -2.29. The van der Waals surface area contributed by atoms with Crippen LogP contribution in [0.25, 0.3) is 5.69 Å². The molecular formula is C23H23N5O4S. The molecule has 0 bridgehead atoms. The predicted molar refractivity (Wildman–Crippen MR) is 126 cm³/mol. The molecule has 170 valence electrons. The van der Waals surface area contributed by atoms with Gasteiger partial charge in [0.1, 0.15) is 0 Å². The Morgan fingerprint density at radius 1 is 1.24 bits per heavy atom. The van der Waals surface area contributed by atoms with E-state index < -0.39 is 4.92 Å². The second-order valence-corrected chi connectivity index (χ2v) is 7.97. The van der Waals surface area contributed by atoms with Crippen LogP contribution in [0.2, 0.25) is 0 Å². The number of hydrogen-bond donors (Lipinski definition) is 1. The van der Waals surface area contributed by atoms with Gasteiger partial charge in [-0.2, -0.15) is 0 Å². The second kappa shape index (κ2) is 9.78. The molecule has 1 saturated heterocycles. The number of nitrogens with one attached hydrogen (secondary N) is 1. The maximum Gasteiger partial charge on any atom is 0.305 e. The largest absolute Gasteiger partial charge is 0.469 e. The van der Waals surface area contributed by atoms with Gasteiger partial charge in [-0.1, -0.05) is 12.1 Å². The highest BCUT2D eigenvalue weighted by Crippen LogP contribution is 2.39. The minimum Gasteiger partial charge on any atom is -0.469 e. The normalized spacial score (nSPS) is 17.6. The molecule has 1 aromatic carbocycles. The predicted octanol–water partition coefficient (Wildman–Crippen LogP) is 3.71. The molecule has 33 heavy (non-hydrogen) atoms. The van der Waals surface area contributed by atoms with Gasteiger partial charge in [0.2, 0.25) is 0 Å². The number of hydrogen-bond acceptors (Lipinski definition) is 6. The number of nitro benzene ring substituents is 1. The first-order valence-electron chi connectivity index (χ1n) is 10.5. The summed E-state index contributed by atoms with van der Waals surface area (Å²) in [5.41, 5.74) is 2.42. The third-order valence-corrected chi connectivity index (χ3v) is 5.96. The van der Waals surface area contributed by atoms with Crippen LogP contribution in [0.3, 0.4) is 0 Å². The number of benzene rings is 1. The van der Waals surface area contributed by atoms with Crippen molar-refractivity contribution in [3.05, 3.63) is 88.5 Å². The van der Waals surface area contributed by atoms with E-state index in [2.05, 4.69) is 10.3 Å². The molecule has 3 aromatic rings. The summed E-state index contributed by atoms with van der Waals surface area (Å²) in [5.74, 6) is -0.272. The van der Waals surface area contributed by atoms with Gasteiger partial charge in [0.25, 0.3) is 5.69 Å². The molecule has 4 rings (SSSR count). The third-order valence-electron chi connectivity index (χ3n) is 5.61. The van der Waals surface area contributed by atoms with Crippen LogP contribution in [0.1, 0.15) is 36.3 Å². The smallest absolute Gasteiger partial charge is 0.305 e. The second-order valence-electron chi connectivity index (χ2n) is 7.58. The number of methoxy groups -OCH3 is 1. The van der Waals surface area contributed by atoms with Crippen molar-refractivity contribution in [2.45, 2.75) is 24.9 Å². The zero-order valence-electron chi connectivity index (χ0n) is 18.0. The van der Waals surface area contributed by atoms with Crippen molar-refractivity contribution in [2.24, 2.45) is 0 Å². The Bertz CT molecular complexity index is 1170. The Balaban J connectivity index is 1.73. The third kappa shape index (κ3) is 4.70. The number of pyridine rings is 1. The Kier molecular flexibility index (Phi) is 6.64. The van der Waals surface area contributed by atoms with E-state index in [0.717, 1.165) is 11.4 Å². The van der Waals surface area contributed by atoms with Crippen LogP contribution in [0.5, 0.6) is 0 Å². The molecule has 0 amide bonds. The molecule has 1 N–H and O–H groups in total. The van der Waals surface area contributed by atoms with Gasteiger partial charge in [0, 0.05) is 43.2 Å². The molecule has 0 aliphatic carbocycles. The maximum absolute atomic E-state index is 11.6. The summed E-state index contributed by atoms with van der Waals surface area (Å²) >= 11 is 5.66. The van der Waals surface area contributed by atoms with Crippen molar-refractivity contribution in [3.8, 4) is 5.69 Å². The van der Waals surface area contributed by atoms with E-state index in [1.165, 1.54) is 13.2 Å². The molecule has 9 nitrogen and oxygen atoms in total. The SMILES string of the molecule is COC(=O)CCCN1C(=S)N[C@H](c2ccccn2)[C@H]1c1cccn1-c1cccc([N+](=O)[O-])c1. The van der Waals surface area contributed by atoms with Crippen LogP contribution >= 0.6 is 12.2 Å². The standard InChI is InChI=1S/C23H23N5O4S/c1-32-20(29)11-6-14-27-22(21(25-23(27)33)18-9-2-3-12-24-18)19-10-5-13-26(19)16-7-4-8-17(15-16)28(30)31/h2-5,7-10,12-13,15,21-22H,6,11,14H2,1H3,(H,25,33)/t21-,22-/m1/s1. The molecule has 1 aliphatic rings. The van der Waals surface area contributed by atoms with Gasteiger partial charge in [-0.3, -0.25) is 19.9 Å². The fourth-order valence-electron chi connectivity index (χ4n) is 4.09. The summed E-state index contributed by atoms with van der Waals surface area (Å²) in [6, 6.07) is 15.6. The minimum absolute atomic E-state index is 0.0171. The highest BCUT2D eigenvalue weighted by molar-refractivity contribution is 7.80. The molecule has 0 radical (unpaired) electrons. The summed E-state index contributed by atoms with van der Waals surface area (Å²) in [7, 11) is 1.37. The van der Waals surface area contributed by atoms with Crippen LogP contribution in [0.4, 0.5) is 5.69 Å². The molecule has 1 aliphatic heterocycles. The van der Waals surface area contributed by atoms with E-state index in [0.29, 0.717) is 23.8 Å². The Hall–Kier alpha value is -3.79. The number of non-ortho nitro benzene ring substituents is 1. The van der Waals surface area contributed by atoms with E-state index in [-0.39, 0.29) is 30.2 Å². The van der Waals surface area contributed by atoms with Crippen molar-refractivity contribution in [1.82, 2.24) is 19.8 Å². The monoisotopic (exact) mass is 465 g/mol. The molecule has 3 heterocycles. The van der Waals surface area contributed by atoms with Crippen molar-refractivity contribution >= 4 is 29.0 Å². The number of esters is 1. The van der Waals surface area contributed by atoms with Gasteiger partial charge in [0.05, 0.1) is 35.5 Å². The van der Waals surface area contributed by atoms with Gasteiger partial charge < -0.3 is 19.5 Å². The summed E-state index contributed by atoms with van der Waals surface area (Å²) in [6.45, 7) is 0.537. The van der Waals surface area contributed by atoms with Crippen molar-refractivity contribution in [2.75, 3.05) is 13.7 Å². The highest BCUT2D eigenvalue weighted by atomic mass is 32.1.